The Morgan fingerprint density at radius 1 is 1.10 bits per heavy atom. The summed E-state index contributed by atoms with van der Waals surface area (Å²) < 4.78 is 4.62. The van der Waals surface area contributed by atoms with Crippen LogP contribution in [0.3, 0.4) is 0 Å². The molecule has 0 aliphatic heterocycles. The van der Waals surface area contributed by atoms with Crippen LogP contribution in [-0.2, 0) is 4.74 Å². The number of hydrogen-bond donors (Lipinski definition) is 1. The summed E-state index contributed by atoms with van der Waals surface area (Å²) in [4.78, 5) is 22.8. The molecule has 2 aromatic rings. The van der Waals surface area contributed by atoms with Gasteiger partial charge in [0.15, 0.2) is 0 Å². The van der Waals surface area contributed by atoms with E-state index in [-0.39, 0.29) is 11.1 Å². The van der Waals surface area contributed by atoms with Gasteiger partial charge in [0.25, 0.3) is 0 Å². The van der Waals surface area contributed by atoms with Crippen LogP contribution in [0.15, 0.2) is 42.5 Å². The minimum absolute atomic E-state index is 0.0183. The lowest BCUT2D eigenvalue weighted by Crippen LogP contribution is -2.05. The number of methoxy groups -OCH3 is 1. The Hall–Kier alpha value is -3.13. The molecule has 0 saturated heterocycles. The molecular weight excluding hydrogens is 270 g/mol. The van der Waals surface area contributed by atoms with Crippen LogP contribution in [0.2, 0.25) is 0 Å². The van der Waals surface area contributed by atoms with E-state index in [0.717, 1.165) is 0 Å². The first-order chi connectivity index (χ1) is 10.0. The summed E-state index contributed by atoms with van der Waals surface area (Å²) in [5.74, 6) is -1.76. The van der Waals surface area contributed by atoms with Crippen LogP contribution in [0.4, 0.5) is 0 Å². The largest absolute Gasteiger partial charge is 0.478 e. The van der Waals surface area contributed by atoms with Gasteiger partial charge < -0.3 is 9.84 Å². The lowest BCUT2D eigenvalue weighted by atomic mass is 9.98. The fourth-order valence-corrected chi connectivity index (χ4v) is 1.92. The molecule has 0 bridgehead atoms. The molecule has 104 valence electrons. The van der Waals surface area contributed by atoms with Crippen molar-refractivity contribution in [3.63, 3.8) is 0 Å². The number of carboxylic acids is 1. The molecule has 2 rings (SSSR count). The molecule has 0 atom stereocenters. The highest BCUT2D eigenvalue weighted by atomic mass is 16.5. The summed E-state index contributed by atoms with van der Waals surface area (Å²) in [6.07, 6.45) is 0. The average Bonchev–Trinajstić information content (AvgIpc) is 2.53. The molecule has 0 unspecified atom stereocenters. The first-order valence-corrected chi connectivity index (χ1v) is 6.02. The van der Waals surface area contributed by atoms with E-state index < -0.39 is 11.9 Å². The first-order valence-electron chi connectivity index (χ1n) is 6.02. The van der Waals surface area contributed by atoms with Crippen LogP contribution in [0.1, 0.15) is 26.3 Å². The maximum Gasteiger partial charge on any atom is 0.337 e. The van der Waals surface area contributed by atoms with Crippen molar-refractivity contribution in [2.24, 2.45) is 0 Å². The fraction of sp³-hybridized carbons (Fsp3) is 0.0625. The predicted octanol–water partition coefficient (Wildman–Crippen LogP) is 2.71. The van der Waals surface area contributed by atoms with E-state index in [4.69, 9.17) is 10.4 Å². The van der Waals surface area contributed by atoms with Crippen LogP contribution in [0.5, 0.6) is 0 Å². The van der Waals surface area contributed by atoms with Gasteiger partial charge in [-0.1, -0.05) is 12.1 Å². The second kappa shape index (κ2) is 5.88. The number of esters is 1. The van der Waals surface area contributed by atoms with Crippen molar-refractivity contribution < 1.29 is 19.4 Å². The van der Waals surface area contributed by atoms with E-state index in [1.54, 1.807) is 24.3 Å². The Balaban J connectivity index is 2.62. The van der Waals surface area contributed by atoms with Gasteiger partial charge in [-0.2, -0.15) is 5.26 Å². The van der Waals surface area contributed by atoms with Gasteiger partial charge >= 0.3 is 11.9 Å². The molecule has 0 heterocycles. The minimum atomic E-state index is -1.14. The van der Waals surface area contributed by atoms with Crippen LogP contribution in [0, 0.1) is 11.3 Å². The molecule has 5 nitrogen and oxygen atoms in total. The zero-order valence-electron chi connectivity index (χ0n) is 11.2. The minimum Gasteiger partial charge on any atom is -0.478 e. The van der Waals surface area contributed by atoms with Gasteiger partial charge in [-0.05, 0) is 41.5 Å². The number of hydrogen-bond acceptors (Lipinski definition) is 4. The third-order valence-corrected chi connectivity index (χ3v) is 2.93. The molecule has 0 aliphatic carbocycles. The van der Waals surface area contributed by atoms with Gasteiger partial charge in [-0.15, -0.1) is 0 Å². The third-order valence-electron chi connectivity index (χ3n) is 2.93. The molecule has 21 heavy (non-hydrogen) atoms. The van der Waals surface area contributed by atoms with Gasteiger partial charge in [0, 0.05) is 0 Å². The van der Waals surface area contributed by atoms with Crippen molar-refractivity contribution in [2.75, 3.05) is 7.11 Å². The smallest absolute Gasteiger partial charge is 0.337 e. The first kappa shape index (κ1) is 14.3. The zero-order chi connectivity index (χ0) is 15.4. The zero-order valence-corrected chi connectivity index (χ0v) is 11.2. The Morgan fingerprint density at radius 3 is 2.43 bits per heavy atom. The van der Waals surface area contributed by atoms with Gasteiger partial charge in [-0.3, -0.25) is 0 Å². The summed E-state index contributed by atoms with van der Waals surface area (Å²) in [5, 5.41) is 18.0. The van der Waals surface area contributed by atoms with E-state index in [1.807, 2.05) is 6.07 Å². The summed E-state index contributed by atoms with van der Waals surface area (Å²) in [6, 6.07) is 13.0. The highest BCUT2D eigenvalue weighted by molar-refractivity contribution is 5.96. The summed E-state index contributed by atoms with van der Waals surface area (Å²) in [7, 11) is 1.23. The second-order valence-electron chi connectivity index (χ2n) is 4.29. The monoisotopic (exact) mass is 281 g/mol. The maximum atomic E-state index is 11.6. The highest BCUT2D eigenvalue weighted by Gasteiger charge is 2.13. The quantitative estimate of drug-likeness (QED) is 0.874. The number of ether oxygens (including phenoxy) is 1. The van der Waals surface area contributed by atoms with E-state index in [9.17, 15) is 9.59 Å². The Kier molecular flexibility index (Phi) is 4.00. The van der Waals surface area contributed by atoms with Crippen molar-refractivity contribution in [3.05, 3.63) is 59.2 Å². The van der Waals surface area contributed by atoms with Gasteiger partial charge in [0.1, 0.15) is 0 Å². The normalized spacial score (nSPS) is 9.71. The molecule has 2 aromatic carbocycles. The SMILES string of the molecule is COC(=O)c1cc(C(=O)O)cc(-c2cccc(C#N)c2)c1. The van der Waals surface area contributed by atoms with Crippen molar-refractivity contribution in [1.29, 1.82) is 5.26 Å². The van der Waals surface area contributed by atoms with E-state index in [2.05, 4.69) is 4.74 Å². The number of rotatable bonds is 3. The standard InChI is InChI=1S/C16H11NO4/c1-21-16(20)14-7-12(6-13(8-14)15(18)19)11-4-2-3-10(5-11)9-17/h2-8H,1H3,(H,18,19). The van der Waals surface area contributed by atoms with Gasteiger partial charge in [-0.25, -0.2) is 9.59 Å². The van der Waals surface area contributed by atoms with Crippen LogP contribution < -0.4 is 0 Å². The molecule has 0 amide bonds. The Morgan fingerprint density at radius 2 is 1.81 bits per heavy atom. The summed E-state index contributed by atoms with van der Waals surface area (Å²) in [5.41, 5.74) is 1.77. The fourth-order valence-electron chi connectivity index (χ4n) is 1.92. The Bertz CT molecular complexity index is 759. The molecule has 0 fully saturated rings. The predicted molar refractivity (Wildman–Crippen MR) is 74.9 cm³/mol. The van der Waals surface area contributed by atoms with Crippen molar-refractivity contribution >= 4 is 11.9 Å². The van der Waals surface area contributed by atoms with Gasteiger partial charge in [0.2, 0.25) is 0 Å². The lowest BCUT2D eigenvalue weighted by molar-refractivity contribution is 0.0601. The third kappa shape index (κ3) is 3.07. The van der Waals surface area contributed by atoms with Crippen LogP contribution in [0.25, 0.3) is 11.1 Å². The molecule has 5 heteroatoms. The number of nitrogens with zero attached hydrogens (tertiary/aromatic N) is 1. The lowest BCUT2D eigenvalue weighted by Gasteiger charge is -2.07. The average molecular weight is 281 g/mol. The molecule has 0 spiro atoms. The number of nitriles is 1. The number of carbonyl (C=O) groups is 2. The van der Waals surface area contributed by atoms with Crippen LogP contribution >= 0.6 is 0 Å². The highest BCUT2D eigenvalue weighted by Crippen LogP contribution is 2.24. The summed E-state index contributed by atoms with van der Waals surface area (Å²) >= 11 is 0. The number of aromatic carboxylic acids is 1. The number of carbonyl (C=O) groups excluding carboxylic acids is 1. The van der Waals surface area contributed by atoms with Crippen molar-refractivity contribution in [2.45, 2.75) is 0 Å². The van der Waals surface area contributed by atoms with Crippen LogP contribution in [-0.4, -0.2) is 24.2 Å². The molecular formula is C16H11NO4. The molecule has 1 N–H and O–H groups in total. The Labute approximate surface area is 121 Å². The molecule has 0 saturated carbocycles. The van der Waals surface area contributed by atoms with Gasteiger partial charge in [0.05, 0.1) is 29.9 Å². The maximum absolute atomic E-state index is 11.6. The van der Waals surface area contributed by atoms with E-state index in [1.165, 1.54) is 25.3 Å². The number of carboxylic acid groups (broad SMARTS) is 1. The molecule has 0 aromatic heterocycles. The van der Waals surface area contributed by atoms with Crippen molar-refractivity contribution in [3.8, 4) is 17.2 Å². The summed E-state index contributed by atoms with van der Waals surface area (Å²) in [6.45, 7) is 0. The van der Waals surface area contributed by atoms with E-state index >= 15 is 0 Å². The second-order valence-corrected chi connectivity index (χ2v) is 4.29. The van der Waals surface area contributed by atoms with Crippen molar-refractivity contribution in [1.82, 2.24) is 0 Å². The molecule has 0 radical (unpaired) electrons. The molecule has 0 aliphatic rings. The van der Waals surface area contributed by atoms with E-state index in [0.29, 0.717) is 16.7 Å². The number of benzene rings is 2. The topological polar surface area (TPSA) is 87.4 Å².